The molecule has 0 unspecified atom stereocenters. The molecule has 2 heterocycles. The number of carbonyl (C=O) groups is 1. The van der Waals surface area contributed by atoms with Crippen LogP contribution in [0.25, 0.3) is 0 Å². The van der Waals surface area contributed by atoms with Crippen molar-refractivity contribution >= 4 is 5.91 Å². The molecule has 0 radical (unpaired) electrons. The number of amides is 1. The van der Waals surface area contributed by atoms with Crippen molar-refractivity contribution in [3.63, 3.8) is 0 Å². The van der Waals surface area contributed by atoms with Crippen LogP contribution in [-0.4, -0.2) is 72.2 Å². The quantitative estimate of drug-likeness (QED) is 0.874. The largest absolute Gasteiger partial charge is 0.496 e. The Morgan fingerprint density at radius 1 is 1.38 bits per heavy atom. The van der Waals surface area contributed by atoms with E-state index < -0.39 is 12.0 Å². The molecule has 3 rings (SSSR count). The van der Waals surface area contributed by atoms with E-state index in [1.54, 1.807) is 23.0 Å². The second-order valence-corrected chi connectivity index (χ2v) is 6.51. The van der Waals surface area contributed by atoms with E-state index in [0.29, 0.717) is 18.8 Å². The van der Waals surface area contributed by atoms with E-state index in [4.69, 9.17) is 4.74 Å². The van der Waals surface area contributed by atoms with Crippen LogP contribution in [0.2, 0.25) is 0 Å². The molecule has 0 saturated carbocycles. The molecule has 2 aliphatic rings. The van der Waals surface area contributed by atoms with Crippen LogP contribution in [0.15, 0.2) is 24.3 Å². The number of aliphatic hydroxyl groups excluding tert-OH is 1. The van der Waals surface area contributed by atoms with Crippen molar-refractivity contribution in [1.29, 1.82) is 0 Å². The second-order valence-electron chi connectivity index (χ2n) is 6.51. The van der Waals surface area contributed by atoms with Gasteiger partial charge in [0.25, 0.3) is 5.92 Å². The summed E-state index contributed by atoms with van der Waals surface area (Å²) in [6, 6.07) is 6.72. The molecule has 1 aromatic carbocycles. The summed E-state index contributed by atoms with van der Waals surface area (Å²) in [6.45, 7) is 0.250. The van der Waals surface area contributed by atoms with Crippen LogP contribution in [0.5, 0.6) is 5.75 Å². The SMILES string of the molecule is COc1ccccc1CC(=O)N1CC(N2CC(F)(F)C[C@H]2CO)C1. The molecule has 1 N–H and O–H groups in total. The van der Waals surface area contributed by atoms with Gasteiger partial charge in [-0.15, -0.1) is 0 Å². The van der Waals surface area contributed by atoms with Gasteiger partial charge < -0.3 is 14.7 Å². The fraction of sp³-hybridized carbons (Fsp3) is 0.588. The lowest BCUT2D eigenvalue weighted by Gasteiger charge is -2.45. The third kappa shape index (κ3) is 3.37. The maximum atomic E-state index is 13.5. The number of ether oxygens (including phenoxy) is 1. The van der Waals surface area contributed by atoms with Crippen LogP contribution in [0.3, 0.4) is 0 Å². The minimum Gasteiger partial charge on any atom is -0.496 e. The molecule has 24 heavy (non-hydrogen) atoms. The van der Waals surface area contributed by atoms with Gasteiger partial charge in [-0.2, -0.15) is 0 Å². The Hall–Kier alpha value is -1.73. The van der Waals surface area contributed by atoms with Crippen molar-refractivity contribution in [1.82, 2.24) is 9.80 Å². The summed E-state index contributed by atoms with van der Waals surface area (Å²) in [4.78, 5) is 15.7. The lowest BCUT2D eigenvalue weighted by atomic mass is 10.0. The van der Waals surface area contributed by atoms with Crippen LogP contribution in [0, 0.1) is 0 Å². The number of benzene rings is 1. The standard InChI is InChI=1S/C17H22F2N2O3/c1-24-15-5-3-2-4-12(15)6-16(23)20-8-14(9-20)21-11-17(18,19)7-13(21)10-22/h2-5,13-14,22H,6-11H2,1H3/t13-/m0/s1. The van der Waals surface area contributed by atoms with Gasteiger partial charge in [0.1, 0.15) is 5.75 Å². The summed E-state index contributed by atoms with van der Waals surface area (Å²) in [6.07, 6.45) is -0.0779. The Bertz CT molecular complexity index is 605. The third-order valence-corrected chi connectivity index (χ3v) is 4.85. The zero-order valence-electron chi connectivity index (χ0n) is 13.6. The Labute approximate surface area is 139 Å². The lowest BCUT2D eigenvalue weighted by molar-refractivity contribution is -0.138. The van der Waals surface area contributed by atoms with Gasteiger partial charge in [-0.05, 0) is 6.07 Å². The fourth-order valence-corrected chi connectivity index (χ4v) is 3.51. The lowest BCUT2D eigenvalue weighted by Crippen LogP contribution is -2.62. The number of methoxy groups -OCH3 is 1. The Kier molecular flexibility index (Phi) is 4.73. The maximum absolute atomic E-state index is 13.5. The van der Waals surface area contributed by atoms with E-state index >= 15 is 0 Å². The number of likely N-dealkylation sites (tertiary alicyclic amines) is 2. The van der Waals surface area contributed by atoms with Crippen molar-refractivity contribution in [3.8, 4) is 5.75 Å². The van der Waals surface area contributed by atoms with Gasteiger partial charge >= 0.3 is 0 Å². The van der Waals surface area contributed by atoms with E-state index in [1.807, 2.05) is 18.2 Å². The number of para-hydroxylation sites is 1. The van der Waals surface area contributed by atoms with Crippen LogP contribution >= 0.6 is 0 Å². The zero-order chi connectivity index (χ0) is 17.3. The molecule has 7 heteroatoms. The summed E-state index contributed by atoms with van der Waals surface area (Å²) >= 11 is 0. The molecule has 1 amide bonds. The predicted molar refractivity (Wildman–Crippen MR) is 84.2 cm³/mol. The van der Waals surface area contributed by atoms with Crippen molar-refractivity contribution in [2.75, 3.05) is 33.4 Å². The first-order valence-electron chi connectivity index (χ1n) is 8.07. The number of hydrogen-bond donors (Lipinski definition) is 1. The maximum Gasteiger partial charge on any atom is 0.262 e. The van der Waals surface area contributed by atoms with E-state index in [1.165, 1.54) is 0 Å². The molecule has 2 aliphatic heterocycles. The van der Waals surface area contributed by atoms with Gasteiger partial charge in [0.15, 0.2) is 0 Å². The topological polar surface area (TPSA) is 53.0 Å². The Morgan fingerprint density at radius 3 is 2.75 bits per heavy atom. The smallest absolute Gasteiger partial charge is 0.262 e. The number of carbonyl (C=O) groups excluding carboxylic acids is 1. The molecular weight excluding hydrogens is 318 g/mol. The van der Waals surface area contributed by atoms with Crippen LogP contribution < -0.4 is 4.74 Å². The number of halogens is 2. The molecule has 1 aromatic rings. The first-order chi connectivity index (χ1) is 11.4. The summed E-state index contributed by atoms with van der Waals surface area (Å²) in [5, 5.41) is 9.30. The highest BCUT2D eigenvalue weighted by Gasteiger charge is 2.49. The van der Waals surface area contributed by atoms with Crippen LogP contribution in [-0.2, 0) is 11.2 Å². The third-order valence-electron chi connectivity index (χ3n) is 4.85. The fourth-order valence-electron chi connectivity index (χ4n) is 3.51. The first kappa shape index (κ1) is 17.1. The van der Waals surface area contributed by atoms with E-state index in [9.17, 15) is 18.7 Å². The molecule has 0 aliphatic carbocycles. The van der Waals surface area contributed by atoms with Gasteiger partial charge in [-0.3, -0.25) is 9.69 Å². The van der Waals surface area contributed by atoms with Gasteiger partial charge in [-0.25, -0.2) is 8.78 Å². The Balaban J connectivity index is 1.55. The van der Waals surface area contributed by atoms with Crippen LogP contribution in [0.4, 0.5) is 8.78 Å². The number of nitrogens with zero attached hydrogens (tertiary/aromatic N) is 2. The molecule has 0 aromatic heterocycles. The number of rotatable bonds is 5. The van der Waals surface area contributed by atoms with Crippen LogP contribution in [0.1, 0.15) is 12.0 Å². The van der Waals surface area contributed by atoms with Gasteiger partial charge in [0.2, 0.25) is 5.91 Å². The van der Waals surface area contributed by atoms with Gasteiger partial charge in [0, 0.05) is 37.2 Å². The number of aliphatic hydroxyl groups is 1. The molecular formula is C17H22F2N2O3. The van der Waals surface area contributed by atoms with Gasteiger partial charge in [0.05, 0.1) is 26.7 Å². The first-order valence-corrected chi connectivity index (χ1v) is 8.07. The highest BCUT2D eigenvalue weighted by atomic mass is 19.3. The summed E-state index contributed by atoms with van der Waals surface area (Å²) < 4.78 is 32.3. The predicted octanol–water partition coefficient (Wildman–Crippen LogP) is 1.15. The molecule has 0 bridgehead atoms. The Morgan fingerprint density at radius 2 is 2.08 bits per heavy atom. The van der Waals surface area contributed by atoms with E-state index in [2.05, 4.69) is 0 Å². The zero-order valence-corrected chi connectivity index (χ0v) is 13.6. The average molecular weight is 340 g/mol. The van der Waals surface area contributed by atoms with E-state index in [-0.39, 0.29) is 37.9 Å². The molecule has 1 atom stereocenters. The minimum atomic E-state index is -2.75. The number of hydrogen-bond acceptors (Lipinski definition) is 4. The average Bonchev–Trinajstić information content (AvgIpc) is 2.81. The minimum absolute atomic E-state index is 0.0396. The van der Waals surface area contributed by atoms with Crippen molar-refractivity contribution in [3.05, 3.63) is 29.8 Å². The summed E-state index contributed by atoms with van der Waals surface area (Å²) in [5.41, 5.74) is 0.814. The molecule has 0 spiro atoms. The highest BCUT2D eigenvalue weighted by Crippen LogP contribution is 2.35. The summed E-state index contributed by atoms with van der Waals surface area (Å²) in [7, 11) is 1.56. The molecule has 132 valence electrons. The van der Waals surface area contributed by atoms with Crippen molar-refractivity contribution in [2.24, 2.45) is 0 Å². The molecule has 5 nitrogen and oxygen atoms in total. The number of alkyl halides is 2. The monoisotopic (exact) mass is 340 g/mol. The summed E-state index contributed by atoms with van der Waals surface area (Å²) in [5.74, 6) is -2.13. The van der Waals surface area contributed by atoms with Gasteiger partial charge in [-0.1, -0.05) is 18.2 Å². The molecule has 2 fully saturated rings. The second kappa shape index (κ2) is 6.64. The normalized spacial score (nSPS) is 24.0. The van der Waals surface area contributed by atoms with Crippen molar-refractivity contribution < 1.29 is 23.4 Å². The highest BCUT2D eigenvalue weighted by molar-refractivity contribution is 5.80. The molecule has 2 saturated heterocycles. The van der Waals surface area contributed by atoms with E-state index in [0.717, 1.165) is 5.56 Å². The van der Waals surface area contributed by atoms with Crippen molar-refractivity contribution in [2.45, 2.75) is 30.8 Å².